The molecule has 262 valence electrons. The van der Waals surface area contributed by atoms with Crippen LogP contribution in [0, 0.1) is 0 Å². The first-order chi connectivity index (χ1) is 23.7. The number of hydrogen-bond donors (Lipinski definition) is 6. The first-order valence-electron chi connectivity index (χ1n) is 16.1. The first-order valence-corrected chi connectivity index (χ1v) is 20.4. The molecule has 10 aliphatic rings. The molecule has 2 aromatic rings. The third-order valence-corrected chi connectivity index (χ3v) is 20.2. The van der Waals surface area contributed by atoms with E-state index >= 15 is 0 Å². The third-order valence-electron chi connectivity index (χ3n) is 12.7. The molecule has 4 amide bonds. The van der Waals surface area contributed by atoms with Crippen molar-refractivity contribution in [3.8, 4) is 0 Å². The zero-order valence-corrected chi connectivity index (χ0v) is 30.2. The number of hydrogen-bond acceptors (Lipinski definition) is 14. The highest BCUT2D eigenvalue weighted by atomic mass is 33.1. The molecule has 6 N–H and O–H groups in total. The Bertz CT molecular complexity index is 1870. The van der Waals surface area contributed by atoms with Crippen LogP contribution in [0.2, 0.25) is 0 Å². The summed E-state index contributed by atoms with van der Waals surface area (Å²) >= 11 is 0. The van der Waals surface area contributed by atoms with E-state index in [0.29, 0.717) is 22.5 Å². The lowest BCUT2D eigenvalue weighted by molar-refractivity contribution is -0.172. The van der Waals surface area contributed by atoms with E-state index in [2.05, 4.69) is 10.6 Å². The zero-order chi connectivity index (χ0) is 35.3. The van der Waals surface area contributed by atoms with Gasteiger partial charge in [-0.15, -0.1) is 0 Å². The fourth-order valence-electron chi connectivity index (χ4n) is 10.6. The summed E-state index contributed by atoms with van der Waals surface area (Å²) in [5.74, 6) is -2.37. The molecule has 8 fully saturated rings. The number of likely N-dealkylation sites (N-methyl/N-ethyl adjacent to an activating group) is 2. The molecule has 10 aliphatic heterocycles. The van der Waals surface area contributed by atoms with Crippen molar-refractivity contribution in [2.24, 2.45) is 0 Å². The van der Waals surface area contributed by atoms with Gasteiger partial charge in [-0.1, -0.05) is 36.4 Å². The molecule has 50 heavy (non-hydrogen) atoms. The molecular formula is C32H32N6O8S4. The SMILES string of the molecule is CC(O)C12SSC3(C(=O)N1C)C(O)C1(C45c6ccccc6NC4N4C(=O)C6(C(C)O)SSC4(C(=O)N6C)C5O)c4ccccc4NC1N3C2=O. The van der Waals surface area contributed by atoms with Crippen LogP contribution in [0.4, 0.5) is 11.4 Å². The Morgan fingerprint density at radius 3 is 1.34 bits per heavy atom. The minimum absolute atomic E-state index is 0.495. The molecule has 10 heterocycles. The Kier molecular flexibility index (Phi) is 5.86. The van der Waals surface area contributed by atoms with Crippen molar-refractivity contribution < 1.29 is 39.6 Å². The molecule has 0 saturated carbocycles. The van der Waals surface area contributed by atoms with Gasteiger partial charge >= 0.3 is 0 Å². The molecule has 8 saturated heterocycles. The van der Waals surface area contributed by atoms with E-state index in [4.69, 9.17) is 0 Å². The highest BCUT2D eigenvalue weighted by Crippen LogP contribution is 2.78. The van der Waals surface area contributed by atoms with Crippen molar-refractivity contribution in [2.75, 3.05) is 24.7 Å². The number of piperazine rings is 2. The van der Waals surface area contributed by atoms with Gasteiger partial charge < -0.3 is 40.9 Å². The second kappa shape index (κ2) is 9.20. The Labute approximate surface area is 301 Å². The van der Waals surface area contributed by atoms with Crippen LogP contribution in [-0.4, -0.2) is 134 Å². The van der Waals surface area contributed by atoms with E-state index in [0.717, 1.165) is 43.2 Å². The fraction of sp³-hybridized carbons (Fsp3) is 0.500. The number of fused-ring (bicyclic) bond motifs is 11. The maximum absolute atomic E-state index is 15.0. The summed E-state index contributed by atoms with van der Waals surface area (Å²) < 4.78 is 0. The first kappa shape index (κ1) is 31.9. The monoisotopic (exact) mass is 756 g/mol. The van der Waals surface area contributed by atoms with Gasteiger partial charge in [0.2, 0.25) is 19.5 Å². The number of nitrogens with zero attached hydrogens (tertiary/aromatic N) is 4. The van der Waals surface area contributed by atoms with Gasteiger partial charge in [0.1, 0.15) is 24.5 Å². The van der Waals surface area contributed by atoms with Gasteiger partial charge in [-0.25, -0.2) is 0 Å². The molecular weight excluding hydrogens is 725 g/mol. The summed E-state index contributed by atoms with van der Waals surface area (Å²) in [7, 11) is 6.94. The van der Waals surface area contributed by atoms with Crippen LogP contribution in [0.3, 0.4) is 0 Å². The minimum Gasteiger partial charge on any atom is -0.389 e. The summed E-state index contributed by atoms with van der Waals surface area (Å²) in [6, 6.07) is 14.3. The molecule has 2 aromatic carbocycles. The number of nitrogens with one attached hydrogen (secondary N) is 2. The molecule has 0 aromatic heterocycles. The molecule has 12 rings (SSSR count). The van der Waals surface area contributed by atoms with Gasteiger partial charge in [-0.05, 0) is 80.3 Å². The Morgan fingerprint density at radius 2 is 0.980 bits per heavy atom. The molecule has 14 nitrogen and oxygen atoms in total. The van der Waals surface area contributed by atoms with Crippen LogP contribution >= 0.6 is 43.2 Å². The van der Waals surface area contributed by atoms with Gasteiger partial charge in [-0.3, -0.25) is 29.0 Å². The largest absolute Gasteiger partial charge is 0.389 e. The predicted octanol–water partition coefficient (Wildman–Crippen LogP) is 0.0526. The lowest BCUT2D eigenvalue weighted by Gasteiger charge is -2.59. The van der Waals surface area contributed by atoms with Crippen LogP contribution in [-0.2, 0) is 30.0 Å². The lowest BCUT2D eigenvalue weighted by atomic mass is 9.52. The molecule has 2 spiro atoms. The normalized spacial score (nSPS) is 45.5. The molecule has 12 unspecified atom stereocenters. The summed E-state index contributed by atoms with van der Waals surface area (Å²) in [6.45, 7) is 2.90. The van der Waals surface area contributed by atoms with E-state index in [1.54, 1.807) is 48.5 Å². The van der Waals surface area contributed by atoms with Crippen LogP contribution < -0.4 is 10.6 Å². The molecule has 18 heteroatoms. The molecule has 12 atom stereocenters. The fourth-order valence-corrected chi connectivity index (χ4v) is 18.6. The van der Waals surface area contributed by atoms with Gasteiger partial charge in [0, 0.05) is 25.5 Å². The third kappa shape index (κ3) is 2.65. The number of aliphatic hydroxyl groups excluding tert-OH is 4. The quantitative estimate of drug-likeness (QED) is 0.231. The Morgan fingerprint density at radius 1 is 0.620 bits per heavy atom. The van der Waals surface area contributed by atoms with Crippen molar-refractivity contribution in [3.63, 3.8) is 0 Å². The van der Waals surface area contributed by atoms with Crippen LogP contribution in [0.1, 0.15) is 25.0 Å². The second-order valence-corrected chi connectivity index (χ2v) is 19.4. The van der Waals surface area contributed by atoms with Gasteiger partial charge in [0.15, 0.2) is 0 Å². The highest BCUT2D eigenvalue weighted by molar-refractivity contribution is 8.78. The zero-order valence-electron chi connectivity index (χ0n) is 26.9. The lowest BCUT2D eigenvalue weighted by Crippen LogP contribution is -2.80. The second-order valence-electron chi connectivity index (χ2n) is 14.3. The summed E-state index contributed by atoms with van der Waals surface area (Å²) in [5, 5.41) is 56.0. The number of benzene rings is 2. The summed E-state index contributed by atoms with van der Waals surface area (Å²) in [6.07, 6.45) is -8.45. The predicted molar refractivity (Wildman–Crippen MR) is 187 cm³/mol. The number of rotatable bonds is 3. The van der Waals surface area contributed by atoms with E-state index in [-0.39, 0.29) is 0 Å². The maximum atomic E-state index is 15.0. The summed E-state index contributed by atoms with van der Waals surface area (Å²) in [4.78, 5) is 57.4. The van der Waals surface area contributed by atoms with E-state index in [1.807, 2.05) is 0 Å². The van der Waals surface area contributed by atoms with Crippen LogP contribution in [0.15, 0.2) is 48.5 Å². The highest BCUT2D eigenvalue weighted by Gasteiger charge is 2.93. The Hall–Kier alpha value is -2.84. The summed E-state index contributed by atoms with van der Waals surface area (Å²) in [5.41, 5.74) is -1.52. The van der Waals surface area contributed by atoms with Crippen molar-refractivity contribution in [1.82, 2.24) is 19.6 Å². The molecule has 0 radical (unpaired) electrons. The number of carbonyl (C=O) groups is 4. The number of amides is 4. The van der Waals surface area contributed by atoms with Gasteiger partial charge in [0.05, 0.1) is 23.0 Å². The topological polar surface area (TPSA) is 186 Å². The number of carbonyl (C=O) groups excluding carboxylic acids is 4. The Balaban J connectivity index is 1.33. The van der Waals surface area contributed by atoms with Crippen molar-refractivity contribution >= 4 is 78.2 Å². The van der Waals surface area contributed by atoms with Crippen molar-refractivity contribution in [2.45, 2.75) is 80.9 Å². The van der Waals surface area contributed by atoms with E-state index in [9.17, 15) is 39.6 Å². The molecule has 4 bridgehead atoms. The van der Waals surface area contributed by atoms with Crippen LogP contribution in [0.5, 0.6) is 0 Å². The van der Waals surface area contributed by atoms with Gasteiger partial charge in [-0.2, -0.15) is 0 Å². The number of para-hydroxylation sites is 2. The van der Waals surface area contributed by atoms with Gasteiger partial charge in [0.25, 0.3) is 23.6 Å². The smallest absolute Gasteiger partial charge is 0.266 e. The average molecular weight is 757 g/mol. The standard InChI is InChI=1S/C32H32N6O8S4/c1-13(39)29-25(45)37-21-27(15-9-5-7-11-17(15)33-21,19(41)31(37,49-47-29)23(43)35(29)3)28-16-10-6-8-12-18(16)34-22(28)38-26(46)30(14(2)40)36(4)24(44)32(38,20(28)42)50-48-30/h5-14,19-22,33-34,39-42H,1-4H3. The van der Waals surface area contributed by atoms with Crippen LogP contribution in [0.25, 0.3) is 0 Å². The maximum Gasteiger partial charge on any atom is 0.266 e. The molecule has 0 aliphatic carbocycles. The van der Waals surface area contributed by atoms with Crippen molar-refractivity contribution in [1.29, 1.82) is 0 Å². The average Bonchev–Trinajstić information content (AvgIpc) is 3.74. The van der Waals surface area contributed by atoms with E-state index < -0.39 is 90.7 Å². The van der Waals surface area contributed by atoms with E-state index in [1.165, 1.54) is 47.5 Å². The minimum atomic E-state index is -1.93. The number of anilines is 2. The number of aliphatic hydroxyl groups is 4. The van der Waals surface area contributed by atoms with Crippen molar-refractivity contribution in [3.05, 3.63) is 59.7 Å².